The molecule has 0 atom stereocenters. The van der Waals surface area contributed by atoms with Gasteiger partial charge in [0.1, 0.15) is 4.21 Å². The Balaban J connectivity index is 2.01. The predicted molar refractivity (Wildman–Crippen MR) is 90.0 cm³/mol. The Morgan fingerprint density at radius 1 is 1.27 bits per heavy atom. The highest BCUT2D eigenvalue weighted by Gasteiger charge is 2.23. The van der Waals surface area contributed by atoms with Crippen molar-refractivity contribution in [3.8, 4) is 0 Å². The molecule has 0 aliphatic heterocycles. The zero-order valence-corrected chi connectivity index (χ0v) is 14.3. The Bertz CT molecular complexity index is 925. The summed E-state index contributed by atoms with van der Waals surface area (Å²) in [5.74, 6) is 0. The molecule has 0 aliphatic carbocycles. The van der Waals surface area contributed by atoms with Gasteiger partial charge in [0.2, 0.25) is 0 Å². The second-order valence-electron chi connectivity index (χ2n) is 5.08. The SMILES string of the molecule is CCc1ccc(S(=O)(=O)N(C)c2ccc3c(c2)ncn3C)s1. The van der Waals surface area contributed by atoms with Gasteiger partial charge in [-0.1, -0.05) is 6.92 Å². The maximum atomic E-state index is 12.7. The topological polar surface area (TPSA) is 55.2 Å². The first-order valence-electron chi connectivity index (χ1n) is 6.92. The van der Waals surface area contributed by atoms with Crippen molar-refractivity contribution >= 4 is 38.1 Å². The molecular weight excluding hydrogens is 318 g/mol. The van der Waals surface area contributed by atoms with Crippen LogP contribution in [0.5, 0.6) is 0 Å². The van der Waals surface area contributed by atoms with Gasteiger partial charge in [-0.15, -0.1) is 11.3 Å². The number of rotatable bonds is 4. The number of hydrogen-bond donors (Lipinski definition) is 0. The monoisotopic (exact) mass is 335 g/mol. The Morgan fingerprint density at radius 2 is 2.05 bits per heavy atom. The molecule has 0 amide bonds. The van der Waals surface area contributed by atoms with E-state index in [0.29, 0.717) is 9.90 Å². The Hall–Kier alpha value is -1.86. The predicted octanol–water partition coefficient (Wildman–Crippen LogP) is 3.02. The van der Waals surface area contributed by atoms with Gasteiger partial charge in [-0.25, -0.2) is 13.4 Å². The maximum absolute atomic E-state index is 12.7. The molecule has 22 heavy (non-hydrogen) atoms. The number of hydrogen-bond acceptors (Lipinski definition) is 4. The molecule has 7 heteroatoms. The smallest absolute Gasteiger partial charge is 0.273 e. The molecule has 0 fully saturated rings. The van der Waals surface area contributed by atoms with Crippen LogP contribution in [-0.2, 0) is 23.5 Å². The van der Waals surface area contributed by atoms with Crippen LogP contribution in [0.1, 0.15) is 11.8 Å². The van der Waals surface area contributed by atoms with Crippen LogP contribution in [-0.4, -0.2) is 25.0 Å². The molecule has 0 saturated carbocycles. The van der Waals surface area contributed by atoms with E-state index in [0.717, 1.165) is 22.3 Å². The Morgan fingerprint density at radius 3 is 2.73 bits per heavy atom. The Labute approximate surface area is 133 Å². The van der Waals surface area contributed by atoms with E-state index >= 15 is 0 Å². The first-order chi connectivity index (χ1) is 10.4. The number of anilines is 1. The summed E-state index contributed by atoms with van der Waals surface area (Å²) in [5.41, 5.74) is 2.36. The molecule has 3 rings (SSSR count). The summed E-state index contributed by atoms with van der Waals surface area (Å²) in [6, 6.07) is 9.02. The van der Waals surface area contributed by atoms with E-state index in [2.05, 4.69) is 4.98 Å². The van der Waals surface area contributed by atoms with Gasteiger partial charge in [0.25, 0.3) is 10.0 Å². The van der Waals surface area contributed by atoms with Gasteiger partial charge in [-0.3, -0.25) is 4.31 Å². The van der Waals surface area contributed by atoms with Crippen molar-refractivity contribution in [3.05, 3.63) is 41.5 Å². The van der Waals surface area contributed by atoms with Crippen LogP contribution in [0.4, 0.5) is 5.69 Å². The third kappa shape index (κ3) is 2.40. The quantitative estimate of drug-likeness (QED) is 0.736. The number of sulfonamides is 1. The summed E-state index contributed by atoms with van der Waals surface area (Å²) in [5, 5.41) is 0. The molecule has 5 nitrogen and oxygen atoms in total. The van der Waals surface area contributed by atoms with Crippen LogP contribution in [0, 0.1) is 0 Å². The molecule has 2 heterocycles. The standard InChI is InChI=1S/C15H17N3O2S2/c1-4-12-6-8-15(21-12)22(19,20)18(3)11-5-7-14-13(9-11)16-10-17(14)2/h5-10H,4H2,1-3H3. The van der Waals surface area contributed by atoms with E-state index in [1.165, 1.54) is 15.6 Å². The normalized spacial score (nSPS) is 12.0. The van der Waals surface area contributed by atoms with Gasteiger partial charge < -0.3 is 4.57 Å². The van der Waals surface area contributed by atoms with Crippen molar-refractivity contribution in [2.75, 3.05) is 11.4 Å². The molecular formula is C15H17N3O2S2. The maximum Gasteiger partial charge on any atom is 0.273 e. The first-order valence-corrected chi connectivity index (χ1v) is 9.18. The summed E-state index contributed by atoms with van der Waals surface area (Å²) in [6.45, 7) is 2.01. The number of fused-ring (bicyclic) bond motifs is 1. The van der Waals surface area contributed by atoms with Gasteiger partial charge in [0.15, 0.2) is 0 Å². The van der Waals surface area contributed by atoms with Gasteiger partial charge in [-0.2, -0.15) is 0 Å². The molecule has 0 radical (unpaired) electrons. The molecule has 3 aromatic rings. The average Bonchev–Trinajstić information content (AvgIpc) is 3.13. The number of aryl methyl sites for hydroxylation is 2. The second kappa shape index (κ2) is 5.40. The first kappa shape index (κ1) is 15.1. The molecule has 116 valence electrons. The van der Waals surface area contributed by atoms with E-state index < -0.39 is 10.0 Å². The highest BCUT2D eigenvalue weighted by molar-refractivity contribution is 7.94. The summed E-state index contributed by atoms with van der Waals surface area (Å²) in [7, 11) is -0.0416. The third-order valence-electron chi connectivity index (χ3n) is 3.67. The van der Waals surface area contributed by atoms with Crippen LogP contribution in [0.3, 0.4) is 0 Å². The van der Waals surface area contributed by atoms with Gasteiger partial charge in [0.05, 0.1) is 23.0 Å². The van der Waals surface area contributed by atoms with Gasteiger partial charge >= 0.3 is 0 Å². The van der Waals surface area contributed by atoms with Crippen molar-refractivity contribution in [2.24, 2.45) is 7.05 Å². The van der Waals surface area contributed by atoms with Crippen molar-refractivity contribution in [3.63, 3.8) is 0 Å². The average molecular weight is 335 g/mol. The lowest BCUT2D eigenvalue weighted by Crippen LogP contribution is -2.25. The number of imidazole rings is 1. The molecule has 0 bridgehead atoms. The molecule has 1 aromatic carbocycles. The highest BCUT2D eigenvalue weighted by Crippen LogP contribution is 2.29. The zero-order valence-electron chi connectivity index (χ0n) is 12.6. The van der Waals surface area contributed by atoms with Crippen molar-refractivity contribution in [1.29, 1.82) is 0 Å². The molecule has 0 N–H and O–H groups in total. The van der Waals surface area contributed by atoms with Crippen LogP contribution in [0.2, 0.25) is 0 Å². The lowest BCUT2D eigenvalue weighted by atomic mass is 10.3. The lowest BCUT2D eigenvalue weighted by Gasteiger charge is -2.18. The fraction of sp³-hybridized carbons (Fsp3) is 0.267. The van der Waals surface area contributed by atoms with Crippen LogP contribution in [0.15, 0.2) is 40.9 Å². The van der Waals surface area contributed by atoms with E-state index in [-0.39, 0.29) is 0 Å². The van der Waals surface area contributed by atoms with Crippen LogP contribution < -0.4 is 4.31 Å². The van der Waals surface area contributed by atoms with Crippen molar-refractivity contribution in [2.45, 2.75) is 17.6 Å². The highest BCUT2D eigenvalue weighted by atomic mass is 32.2. The minimum Gasteiger partial charge on any atom is -0.334 e. The lowest BCUT2D eigenvalue weighted by molar-refractivity contribution is 0.596. The zero-order chi connectivity index (χ0) is 15.9. The summed E-state index contributed by atoms with van der Waals surface area (Å²) < 4.78 is 29.0. The van der Waals surface area contributed by atoms with Crippen molar-refractivity contribution < 1.29 is 8.42 Å². The molecule has 0 unspecified atom stereocenters. The second-order valence-corrected chi connectivity index (χ2v) is 8.44. The summed E-state index contributed by atoms with van der Waals surface area (Å²) >= 11 is 1.32. The van der Waals surface area contributed by atoms with Gasteiger partial charge in [0, 0.05) is 19.0 Å². The number of aromatic nitrogens is 2. The summed E-state index contributed by atoms with van der Waals surface area (Å²) in [6.07, 6.45) is 2.56. The number of thiophene rings is 1. The third-order valence-corrected chi connectivity index (χ3v) is 7.16. The number of nitrogens with zero attached hydrogens (tertiary/aromatic N) is 3. The fourth-order valence-corrected chi connectivity index (χ4v) is 4.93. The number of benzene rings is 1. The molecule has 0 saturated heterocycles. The minimum absolute atomic E-state index is 0.368. The largest absolute Gasteiger partial charge is 0.334 e. The van der Waals surface area contributed by atoms with E-state index in [9.17, 15) is 8.42 Å². The molecule has 0 spiro atoms. The summed E-state index contributed by atoms with van der Waals surface area (Å²) in [4.78, 5) is 5.34. The van der Waals surface area contributed by atoms with E-state index in [1.807, 2.05) is 30.7 Å². The minimum atomic E-state index is -3.53. The van der Waals surface area contributed by atoms with Crippen molar-refractivity contribution in [1.82, 2.24) is 9.55 Å². The van der Waals surface area contributed by atoms with Crippen LogP contribution >= 0.6 is 11.3 Å². The van der Waals surface area contributed by atoms with E-state index in [4.69, 9.17) is 0 Å². The molecule has 0 aliphatic rings. The fourth-order valence-electron chi connectivity index (χ4n) is 2.28. The molecule has 2 aromatic heterocycles. The van der Waals surface area contributed by atoms with Crippen LogP contribution in [0.25, 0.3) is 11.0 Å². The Kier molecular flexibility index (Phi) is 3.70. The van der Waals surface area contributed by atoms with E-state index in [1.54, 1.807) is 31.6 Å². The van der Waals surface area contributed by atoms with Gasteiger partial charge in [-0.05, 0) is 36.8 Å².